The largest absolute Gasteiger partial charge is 0.0654 e. The van der Waals surface area contributed by atoms with Crippen molar-refractivity contribution in [1.29, 1.82) is 0 Å². The fourth-order valence-corrected chi connectivity index (χ4v) is 5.12. The quantitative estimate of drug-likeness (QED) is 0.629. The topological polar surface area (TPSA) is 0 Å². The van der Waals surface area contributed by atoms with Gasteiger partial charge in [0.25, 0.3) is 0 Å². The zero-order chi connectivity index (χ0) is 11.9. The van der Waals surface area contributed by atoms with Crippen molar-refractivity contribution < 1.29 is 0 Å². The molecule has 0 aromatic rings. The van der Waals surface area contributed by atoms with Gasteiger partial charge >= 0.3 is 0 Å². The zero-order valence-corrected chi connectivity index (χ0v) is 11.9. The van der Waals surface area contributed by atoms with Crippen LogP contribution in [0.5, 0.6) is 0 Å². The first-order chi connectivity index (χ1) is 7.57. The molecule has 16 heavy (non-hydrogen) atoms. The normalized spacial score (nSPS) is 44.2. The second-order valence-electron chi connectivity index (χ2n) is 6.96. The lowest BCUT2D eigenvalue weighted by Gasteiger charge is -2.55. The first-order valence-corrected chi connectivity index (χ1v) is 7.57. The lowest BCUT2D eigenvalue weighted by atomic mass is 9.49. The summed E-state index contributed by atoms with van der Waals surface area (Å²) in [4.78, 5) is 0. The summed E-state index contributed by atoms with van der Waals surface area (Å²) in [5, 5.41) is 0. The summed E-state index contributed by atoms with van der Waals surface area (Å²) in [6.07, 6.45) is 5.86. The lowest BCUT2D eigenvalue weighted by Crippen LogP contribution is -2.51. The van der Waals surface area contributed by atoms with Crippen LogP contribution >= 0.6 is 0 Å². The first kappa shape index (κ1) is 12.5. The predicted molar refractivity (Wildman–Crippen MR) is 71.3 cm³/mol. The van der Waals surface area contributed by atoms with Gasteiger partial charge in [0, 0.05) is 0 Å². The number of hydrogen-bond acceptors (Lipinski definition) is 0. The third-order valence-corrected chi connectivity index (χ3v) is 5.66. The molecule has 0 amide bonds. The first-order valence-electron chi connectivity index (χ1n) is 7.57. The van der Waals surface area contributed by atoms with E-state index < -0.39 is 0 Å². The molecule has 0 aromatic carbocycles. The SMILES string of the molecule is CCCC(C)C1C(C(C)C)C2CCC(C)C21. The fourth-order valence-electron chi connectivity index (χ4n) is 5.12. The molecule has 2 fully saturated rings. The molecule has 2 aliphatic rings. The van der Waals surface area contributed by atoms with Gasteiger partial charge in [0.15, 0.2) is 0 Å². The van der Waals surface area contributed by atoms with Crippen LogP contribution in [0.25, 0.3) is 0 Å². The molecule has 2 aliphatic carbocycles. The molecule has 0 aromatic heterocycles. The van der Waals surface area contributed by atoms with Crippen LogP contribution in [0.15, 0.2) is 0 Å². The van der Waals surface area contributed by atoms with Crippen LogP contribution in [0.3, 0.4) is 0 Å². The van der Waals surface area contributed by atoms with Crippen LogP contribution in [0.2, 0.25) is 0 Å². The van der Waals surface area contributed by atoms with Crippen LogP contribution < -0.4 is 0 Å². The highest BCUT2D eigenvalue weighted by molar-refractivity contribution is 5.04. The van der Waals surface area contributed by atoms with Gasteiger partial charge in [-0.15, -0.1) is 0 Å². The third kappa shape index (κ3) is 1.83. The maximum atomic E-state index is 2.52. The third-order valence-electron chi connectivity index (χ3n) is 5.66. The summed E-state index contributed by atoms with van der Waals surface area (Å²) >= 11 is 0. The zero-order valence-electron chi connectivity index (χ0n) is 11.9. The van der Waals surface area contributed by atoms with Gasteiger partial charge in [0.2, 0.25) is 0 Å². The molecule has 0 N–H and O–H groups in total. The van der Waals surface area contributed by atoms with Crippen molar-refractivity contribution in [2.45, 2.75) is 60.3 Å². The van der Waals surface area contributed by atoms with Crippen molar-refractivity contribution in [3.63, 3.8) is 0 Å². The Kier molecular flexibility index (Phi) is 3.66. The minimum Gasteiger partial charge on any atom is -0.0654 e. The highest BCUT2D eigenvalue weighted by Gasteiger charge is 2.56. The summed E-state index contributed by atoms with van der Waals surface area (Å²) in [6.45, 7) is 12.3. The number of fused-ring (bicyclic) bond motifs is 1. The van der Waals surface area contributed by atoms with Gasteiger partial charge in [-0.1, -0.05) is 53.9 Å². The molecular formula is C16H30. The van der Waals surface area contributed by atoms with Crippen molar-refractivity contribution in [3.05, 3.63) is 0 Å². The average molecular weight is 222 g/mol. The molecule has 6 unspecified atom stereocenters. The second kappa shape index (κ2) is 4.70. The van der Waals surface area contributed by atoms with Crippen molar-refractivity contribution >= 4 is 0 Å². The van der Waals surface area contributed by atoms with Gasteiger partial charge in [-0.3, -0.25) is 0 Å². The minimum absolute atomic E-state index is 0.913. The Labute approximate surface area is 102 Å². The predicted octanol–water partition coefficient (Wildman–Crippen LogP) is 4.99. The maximum Gasteiger partial charge on any atom is -0.0321 e. The Morgan fingerprint density at radius 3 is 2.31 bits per heavy atom. The molecule has 0 aliphatic heterocycles. The van der Waals surface area contributed by atoms with Crippen molar-refractivity contribution in [1.82, 2.24) is 0 Å². The molecule has 0 heterocycles. The summed E-state index contributed by atoms with van der Waals surface area (Å²) in [7, 11) is 0. The van der Waals surface area contributed by atoms with E-state index in [2.05, 4.69) is 34.6 Å². The maximum absolute atomic E-state index is 2.52. The number of rotatable bonds is 4. The summed E-state index contributed by atoms with van der Waals surface area (Å²) in [5.74, 6) is 7.20. The molecule has 0 nitrogen and oxygen atoms in total. The van der Waals surface area contributed by atoms with E-state index in [1.807, 2.05) is 0 Å². The van der Waals surface area contributed by atoms with E-state index in [0.29, 0.717) is 0 Å². The monoisotopic (exact) mass is 222 g/mol. The van der Waals surface area contributed by atoms with E-state index in [9.17, 15) is 0 Å². The molecular weight excluding hydrogens is 192 g/mol. The molecule has 0 spiro atoms. The Hall–Kier alpha value is 0. The summed E-state index contributed by atoms with van der Waals surface area (Å²) in [6, 6.07) is 0. The van der Waals surface area contributed by atoms with E-state index in [1.54, 1.807) is 0 Å². The molecule has 94 valence electrons. The van der Waals surface area contributed by atoms with Gasteiger partial charge in [-0.2, -0.15) is 0 Å². The lowest BCUT2D eigenvalue weighted by molar-refractivity contribution is -0.0793. The van der Waals surface area contributed by atoms with Gasteiger partial charge < -0.3 is 0 Å². The van der Waals surface area contributed by atoms with E-state index in [-0.39, 0.29) is 0 Å². The van der Waals surface area contributed by atoms with Crippen LogP contribution in [-0.2, 0) is 0 Å². The Morgan fingerprint density at radius 1 is 1.06 bits per heavy atom. The van der Waals surface area contributed by atoms with E-state index >= 15 is 0 Å². The Balaban J connectivity index is 2.08. The highest BCUT2D eigenvalue weighted by Crippen LogP contribution is 2.62. The van der Waals surface area contributed by atoms with Gasteiger partial charge in [0.1, 0.15) is 0 Å². The standard InChI is InChI=1S/C16H30/c1-6-7-11(4)16-14(10(2)3)13-9-8-12(5)15(13)16/h10-16H,6-9H2,1-5H3. The van der Waals surface area contributed by atoms with Crippen LogP contribution in [0.4, 0.5) is 0 Å². The van der Waals surface area contributed by atoms with Crippen LogP contribution in [-0.4, -0.2) is 0 Å². The molecule has 2 saturated carbocycles. The molecule has 0 heteroatoms. The van der Waals surface area contributed by atoms with Crippen molar-refractivity contribution in [3.8, 4) is 0 Å². The fraction of sp³-hybridized carbons (Fsp3) is 1.00. The summed E-state index contributed by atoms with van der Waals surface area (Å²) < 4.78 is 0. The van der Waals surface area contributed by atoms with Crippen molar-refractivity contribution in [2.75, 3.05) is 0 Å². The van der Waals surface area contributed by atoms with Gasteiger partial charge in [0.05, 0.1) is 0 Å². The highest BCUT2D eigenvalue weighted by atomic mass is 14.6. The smallest absolute Gasteiger partial charge is 0.0321 e. The second-order valence-corrected chi connectivity index (χ2v) is 6.96. The minimum atomic E-state index is 0.913. The van der Waals surface area contributed by atoms with Gasteiger partial charge in [-0.25, -0.2) is 0 Å². The van der Waals surface area contributed by atoms with Gasteiger partial charge in [-0.05, 0) is 47.8 Å². The Morgan fingerprint density at radius 2 is 1.75 bits per heavy atom. The average Bonchev–Trinajstić information content (AvgIpc) is 2.42. The van der Waals surface area contributed by atoms with E-state index in [4.69, 9.17) is 0 Å². The summed E-state index contributed by atoms with van der Waals surface area (Å²) in [5.41, 5.74) is 0. The molecule has 0 saturated heterocycles. The molecule has 0 radical (unpaired) electrons. The molecule has 6 atom stereocenters. The van der Waals surface area contributed by atoms with Crippen LogP contribution in [0, 0.1) is 41.4 Å². The van der Waals surface area contributed by atoms with E-state index in [1.165, 1.54) is 25.7 Å². The molecule has 2 rings (SSSR count). The van der Waals surface area contributed by atoms with E-state index in [0.717, 1.165) is 41.4 Å². The Bertz CT molecular complexity index is 230. The number of hydrogen-bond donors (Lipinski definition) is 0. The van der Waals surface area contributed by atoms with Crippen LogP contribution in [0.1, 0.15) is 60.3 Å². The van der Waals surface area contributed by atoms with Crippen molar-refractivity contribution in [2.24, 2.45) is 41.4 Å². The molecule has 0 bridgehead atoms.